The minimum atomic E-state index is -1.01. The molecule has 1 saturated carbocycles. The Morgan fingerprint density at radius 3 is 2.62 bits per heavy atom. The molecule has 2 fully saturated rings. The Balaban J connectivity index is 2.16. The summed E-state index contributed by atoms with van der Waals surface area (Å²) in [6.45, 7) is 8.01. The van der Waals surface area contributed by atoms with E-state index in [4.69, 9.17) is 15.6 Å². The maximum Gasteiger partial charge on any atom is 0.305 e. The molecule has 1 amide bonds. The van der Waals surface area contributed by atoms with Crippen molar-refractivity contribution in [1.29, 1.82) is 0 Å². The van der Waals surface area contributed by atoms with Crippen molar-refractivity contribution >= 4 is 11.9 Å². The molecule has 0 spiro atoms. The topological polar surface area (TPSA) is 102 Å². The molecule has 3 atom stereocenters. The molecule has 3 unspecified atom stereocenters. The summed E-state index contributed by atoms with van der Waals surface area (Å²) in [5, 5.41) is 11.7. The van der Waals surface area contributed by atoms with Crippen molar-refractivity contribution in [1.82, 2.24) is 5.32 Å². The second-order valence-corrected chi connectivity index (χ2v) is 7.54. The van der Waals surface area contributed by atoms with Crippen LogP contribution >= 0.6 is 0 Å². The van der Waals surface area contributed by atoms with Crippen LogP contribution in [0.3, 0.4) is 0 Å². The van der Waals surface area contributed by atoms with E-state index in [1.54, 1.807) is 13.8 Å². The lowest BCUT2D eigenvalue weighted by Crippen LogP contribution is -2.83. The summed E-state index contributed by atoms with van der Waals surface area (Å²) in [5.74, 6) is -1.22. The van der Waals surface area contributed by atoms with Crippen LogP contribution in [0.5, 0.6) is 0 Å². The lowest BCUT2D eigenvalue weighted by Gasteiger charge is -2.65. The number of carbonyl (C=O) groups excluding carboxylic acids is 1. The highest BCUT2D eigenvalue weighted by Gasteiger charge is 2.70. The molecule has 21 heavy (non-hydrogen) atoms. The number of nitrogens with one attached hydrogen (secondary N) is 1. The Hall–Kier alpha value is -1.14. The maximum absolute atomic E-state index is 12.7. The minimum Gasteiger partial charge on any atom is -0.481 e. The van der Waals surface area contributed by atoms with E-state index in [2.05, 4.69) is 5.32 Å². The second-order valence-electron chi connectivity index (χ2n) is 7.54. The molecule has 2 aliphatic rings. The van der Waals surface area contributed by atoms with Crippen LogP contribution in [0.15, 0.2) is 0 Å². The van der Waals surface area contributed by atoms with Gasteiger partial charge in [0, 0.05) is 23.5 Å². The number of aliphatic carboxylic acids is 1. The van der Waals surface area contributed by atoms with Crippen molar-refractivity contribution in [3.05, 3.63) is 0 Å². The zero-order chi connectivity index (χ0) is 16.1. The SMILES string of the molecule is CC(C)(CC(=O)O)NC(=O)C1(N)C2CCCOC2C1(C)C. The predicted molar refractivity (Wildman–Crippen MR) is 77.6 cm³/mol. The molecule has 1 saturated heterocycles. The van der Waals surface area contributed by atoms with E-state index in [1.807, 2.05) is 13.8 Å². The molecular formula is C15H26N2O4. The Morgan fingerprint density at radius 2 is 2.05 bits per heavy atom. The molecule has 1 heterocycles. The van der Waals surface area contributed by atoms with Crippen LogP contribution in [0.2, 0.25) is 0 Å². The van der Waals surface area contributed by atoms with Gasteiger partial charge in [-0.15, -0.1) is 0 Å². The van der Waals surface area contributed by atoms with Crippen LogP contribution in [-0.2, 0) is 14.3 Å². The Morgan fingerprint density at radius 1 is 1.43 bits per heavy atom. The van der Waals surface area contributed by atoms with E-state index in [1.165, 1.54) is 0 Å². The van der Waals surface area contributed by atoms with Gasteiger partial charge in [-0.3, -0.25) is 9.59 Å². The molecule has 0 aromatic heterocycles. The van der Waals surface area contributed by atoms with Gasteiger partial charge in [-0.1, -0.05) is 13.8 Å². The number of hydrogen-bond acceptors (Lipinski definition) is 4. The van der Waals surface area contributed by atoms with Crippen LogP contribution in [0.25, 0.3) is 0 Å². The third-order valence-electron chi connectivity index (χ3n) is 5.11. The van der Waals surface area contributed by atoms with E-state index in [0.717, 1.165) is 12.8 Å². The lowest BCUT2D eigenvalue weighted by molar-refractivity contribution is -0.225. The molecule has 4 N–H and O–H groups in total. The van der Waals surface area contributed by atoms with Gasteiger partial charge in [0.1, 0.15) is 5.54 Å². The Labute approximate surface area is 125 Å². The summed E-state index contributed by atoms with van der Waals surface area (Å²) in [6, 6.07) is 0. The molecule has 6 nitrogen and oxygen atoms in total. The van der Waals surface area contributed by atoms with Crippen molar-refractivity contribution < 1.29 is 19.4 Å². The van der Waals surface area contributed by atoms with E-state index >= 15 is 0 Å². The molecule has 0 aromatic carbocycles. The van der Waals surface area contributed by atoms with Crippen LogP contribution in [-0.4, -0.2) is 40.8 Å². The van der Waals surface area contributed by atoms with E-state index in [9.17, 15) is 9.59 Å². The number of rotatable bonds is 4. The molecule has 0 aromatic rings. The first kappa shape index (κ1) is 16.2. The van der Waals surface area contributed by atoms with Crippen molar-refractivity contribution in [3.63, 3.8) is 0 Å². The molecule has 2 rings (SSSR count). The molecule has 6 heteroatoms. The summed E-state index contributed by atoms with van der Waals surface area (Å²) in [5.41, 5.74) is 4.19. The summed E-state index contributed by atoms with van der Waals surface area (Å²) < 4.78 is 5.78. The third kappa shape index (κ3) is 2.44. The third-order valence-corrected chi connectivity index (χ3v) is 5.11. The van der Waals surface area contributed by atoms with Gasteiger partial charge in [-0.2, -0.15) is 0 Å². The van der Waals surface area contributed by atoms with Gasteiger partial charge >= 0.3 is 5.97 Å². The van der Waals surface area contributed by atoms with Gasteiger partial charge in [0.15, 0.2) is 0 Å². The summed E-state index contributed by atoms with van der Waals surface area (Å²) in [4.78, 5) is 23.6. The van der Waals surface area contributed by atoms with Crippen LogP contribution in [0.4, 0.5) is 0 Å². The number of ether oxygens (including phenoxy) is 1. The summed E-state index contributed by atoms with van der Waals surface area (Å²) in [7, 11) is 0. The number of nitrogens with two attached hydrogens (primary N) is 1. The van der Waals surface area contributed by atoms with Crippen LogP contribution in [0, 0.1) is 11.3 Å². The fourth-order valence-electron chi connectivity index (χ4n) is 3.87. The standard InChI is InChI=1S/C15H26N2O4/c1-13(2,8-10(18)19)17-12(20)15(16)9-6-5-7-21-11(9)14(15,3)4/h9,11H,5-8,16H2,1-4H3,(H,17,20)(H,18,19). The van der Waals surface area contributed by atoms with E-state index in [-0.39, 0.29) is 24.3 Å². The normalized spacial score (nSPS) is 34.5. The molecule has 0 bridgehead atoms. The zero-order valence-electron chi connectivity index (χ0n) is 13.2. The largest absolute Gasteiger partial charge is 0.481 e. The number of carboxylic acids is 1. The smallest absolute Gasteiger partial charge is 0.305 e. The van der Waals surface area contributed by atoms with E-state index < -0.39 is 22.5 Å². The minimum absolute atomic E-state index is 0.00174. The summed E-state index contributed by atoms with van der Waals surface area (Å²) >= 11 is 0. The van der Waals surface area contributed by atoms with Crippen molar-refractivity contribution in [2.45, 2.75) is 64.1 Å². The number of carboxylic acid groups (broad SMARTS) is 1. The quantitative estimate of drug-likeness (QED) is 0.715. The molecule has 1 aliphatic heterocycles. The first-order valence-corrected chi connectivity index (χ1v) is 7.47. The predicted octanol–water partition coefficient (Wildman–Crippen LogP) is 0.888. The monoisotopic (exact) mass is 298 g/mol. The average Bonchev–Trinajstić information content (AvgIpc) is 2.35. The second kappa shape index (κ2) is 4.95. The van der Waals surface area contributed by atoms with Crippen molar-refractivity contribution in [2.24, 2.45) is 17.1 Å². The Bertz CT molecular complexity index is 461. The average molecular weight is 298 g/mol. The molecule has 0 radical (unpaired) electrons. The Kier molecular flexibility index (Phi) is 3.83. The highest BCUT2D eigenvalue weighted by Crippen LogP contribution is 2.57. The van der Waals surface area contributed by atoms with Gasteiger partial charge in [0.2, 0.25) is 5.91 Å². The van der Waals surface area contributed by atoms with Crippen molar-refractivity contribution in [3.8, 4) is 0 Å². The fraction of sp³-hybridized carbons (Fsp3) is 0.867. The maximum atomic E-state index is 12.7. The summed E-state index contributed by atoms with van der Waals surface area (Å²) in [6.07, 6.45) is 1.64. The lowest BCUT2D eigenvalue weighted by atomic mass is 9.46. The van der Waals surface area contributed by atoms with E-state index in [0.29, 0.717) is 6.61 Å². The van der Waals surface area contributed by atoms with Gasteiger partial charge in [-0.05, 0) is 26.7 Å². The zero-order valence-corrected chi connectivity index (χ0v) is 13.2. The van der Waals surface area contributed by atoms with Crippen LogP contribution in [0.1, 0.15) is 47.0 Å². The van der Waals surface area contributed by atoms with Crippen molar-refractivity contribution in [2.75, 3.05) is 6.61 Å². The number of hydrogen-bond donors (Lipinski definition) is 3. The van der Waals surface area contributed by atoms with Gasteiger partial charge < -0.3 is 20.9 Å². The molecular weight excluding hydrogens is 272 g/mol. The van der Waals surface area contributed by atoms with Gasteiger partial charge in [0.05, 0.1) is 12.5 Å². The number of carbonyl (C=O) groups is 2. The van der Waals surface area contributed by atoms with Gasteiger partial charge in [-0.25, -0.2) is 0 Å². The highest BCUT2D eigenvalue weighted by molar-refractivity contribution is 5.90. The highest BCUT2D eigenvalue weighted by atomic mass is 16.5. The van der Waals surface area contributed by atoms with Gasteiger partial charge in [0.25, 0.3) is 0 Å². The molecule has 1 aliphatic carbocycles. The fourth-order valence-corrected chi connectivity index (χ4v) is 3.87. The first-order valence-electron chi connectivity index (χ1n) is 7.47. The van der Waals surface area contributed by atoms with Crippen LogP contribution < -0.4 is 11.1 Å². The molecule has 120 valence electrons. The number of amides is 1. The first-order chi connectivity index (χ1) is 9.52. The number of fused-ring (bicyclic) bond motifs is 1.